The third-order valence-electron chi connectivity index (χ3n) is 6.09. The van der Waals surface area contributed by atoms with Crippen molar-refractivity contribution in [2.75, 3.05) is 11.9 Å². The average Bonchev–Trinajstić information content (AvgIpc) is 3.48. The first-order valence-corrected chi connectivity index (χ1v) is 11.7. The van der Waals surface area contributed by atoms with E-state index in [1.807, 2.05) is 28.8 Å². The molecular formula is C26H28FN5O. The number of fused-ring (bicyclic) bond motifs is 1. The first kappa shape index (κ1) is 21.4. The van der Waals surface area contributed by atoms with Crippen LogP contribution in [0.3, 0.4) is 0 Å². The molecule has 1 saturated carbocycles. The Bertz CT molecular complexity index is 1230. The van der Waals surface area contributed by atoms with Gasteiger partial charge in [-0.15, -0.1) is 0 Å². The van der Waals surface area contributed by atoms with Gasteiger partial charge in [0.15, 0.2) is 0 Å². The van der Waals surface area contributed by atoms with E-state index < -0.39 is 0 Å². The van der Waals surface area contributed by atoms with Crippen LogP contribution in [-0.4, -0.2) is 32.2 Å². The van der Waals surface area contributed by atoms with E-state index in [0.29, 0.717) is 24.5 Å². The zero-order valence-electron chi connectivity index (χ0n) is 18.8. The zero-order chi connectivity index (χ0) is 22.6. The molecule has 1 N–H and O–H groups in total. The van der Waals surface area contributed by atoms with Crippen molar-refractivity contribution in [2.24, 2.45) is 0 Å². The Morgan fingerprint density at radius 3 is 2.70 bits per heavy atom. The van der Waals surface area contributed by atoms with Crippen molar-refractivity contribution < 1.29 is 9.13 Å². The fraction of sp³-hybridized carbons (Fsp3) is 0.346. The minimum absolute atomic E-state index is 0.280. The molecule has 0 aliphatic heterocycles. The minimum atomic E-state index is -0.280. The molecule has 0 amide bonds. The van der Waals surface area contributed by atoms with E-state index in [9.17, 15) is 4.39 Å². The average molecular weight is 446 g/mol. The van der Waals surface area contributed by atoms with Gasteiger partial charge in [0.1, 0.15) is 11.5 Å². The number of aromatic nitrogens is 4. The molecule has 33 heavy (non-hydrogen) atoms. The lowest BCUT2D eigenvalue weighted by molar-refractivity contribution is 0.290. The molecule has 0 spiro atoms. The van der Waals surface area contributed by atoms with E-state index >= 15 is 0 Å². The molecule has 1 aliphatic rings. The van der Waals surface area contributed by atoms with E-state index in [1.165, 1.54) is 25.0 Å². The highest BCUT2D eigenvalue weighted by atomic mass is 19.1. The SMILES string of the molecule is CCCCOc1cccc2c(-c3ccnc(NC4CCCC4)n3)c(-c3ccc(F)cc3)nn12. The number of benzene rings is 1. The quantitative estimate of drug-likeness (QED) is 0.331. The third kappa shape index (κ3) is 4.53. The van der Waals surface area contributed by atoms with Crippen LogP contribution >= 0.6 is 0 Å². The van der Waals surface area contributed by atoms with Crippen LogP contribution in [0, 0.1) is 5.82 Å². The summed E-state index contributed by atoms with van der Waals surface area (Å²) in [6.45, 7) is 2.76. The smallest absolute Gasteiger partial charge is 0.223 e. The number of rotatable bonds is 8. The van der Waals surface area contributed by atoms with Gasteiger partial charge in [0.05, 0.1) is 23.4 Å². The summed E-state index contributed by atoms with van der Waals surface area (Å²) in [5.41, 5.74) is 4.07. The van der Waals surface area contributed by atoms with Crippen LogP contribution in [0.2, 0.25) is 0 Å². The molecular weight excluding hydrogens is 417 g/mol. The Morgan fingerprint density at radius 1 is 1.09 bits per heavy atom. The van der Waals surface area contributed by atoms with Gasteiger partial charge in [-0.05, 0) is 55.7 Å². The number of anilines is 1. The summed E-state index contributed by atoms with van der Waals surface area (Å²) in [4.78, 5) is 9.30. The first-order valence-electron chi connectivity index (χ1n) is 11.7. The molecule has 3 heterocycles. The fourth-order valence-corrected chi connectivity index (χ4v) is 4.36. The highest BCUT2D eigenvalue weighted by Crippen LogP contribution is 2.36. The summed E-state index contributed by atoms with van der Waals surface area (Å²) in [6, 6.07) is 14.6. The zero-order valence-corrected chi connectivity index (χ0v) is 18.8. The number of hydrogen-bond donors (Lipinski definition) is 1. The Morgan fingerprint density at radius 2 is 1.91 bits per heavy atom. The number of ether oxygens (including phenoxy) is 1. The Hall–Kier alpha value is -3.48. The van der Waals surface area contributed by atoms with Crippen LogP contribution in [0.5, 0.6) is 5.88 Å². The van der Waals surface area contributed by atoms with Crippen molar-refractivity contribution in [2.45, 2.75) is 51.5 Å². The van der Waals surface area contributed by atoms with Crippen LogP contribution in [0.4, 0.5) is 10.3 Å². The monoisotopic (exact) mass is 445 g/mol. The van der Waals surface area contributed by atoms with Crippen molar-refractivity contribution in [3.05, 3.63) is 60.5 Å². The molecule has 1 aromatic carbocycles. The van der Waals surface area contributed by atoms with Crippen molar-refractivity contribution in [1.29, 1.82) is 0 Å². The van der Waals surface area contributed by atoms with E-state index in [4.69, 9.17) is 14.8 Å². The van der Waals surface area contributed by atoms with E-state index in [-0.39, 0.29) is 5.82 Å². The molecule has 0 radical (unpaired) electrons. The van der Waals surface area contributed by atoms with Gasteiger partial charge in [-0.2, -0.15) is 9.61 Å². The topological polar surface area (TPSA) is 64.3 Å². The Balaban J connectivity index is 1.62. The summed E-state index contributed by atoms with van der Waals surface area (Å²) in [5, 5.41) is 8.37. The number of halogens is 1. The second kappa shape index (κ2) is 9.57. The van der Waals surface area contributed by atoms with E-state index in [1.54, 1.807) is 18.3 Å². The summed E-state index contributed by atoms with van der Waals surface area (Å²) < 4.78 is 21.5. The number of nitrogens with zero attached hydrogens (tertiary/aromatic N) is 4. The number of hydrogen-bond acceptors (Lipinski definition) is 5. The molecule has 5 rings (SSSR count). The molecule has 4 aromatic rings. The van der Waals surface area contributed by atoms with Gasteiger partial charge >= 0.3 is 0 Å². The molecule has 3 aromatic heterocycles. The summed E-state index contributed by atoms with van der Waals surface area (Å²) >= 11 is 0. The Kier molecular flexibility index (Phi) is 6.19. The normalized spacial score (nSPS) is 14.1. The third-order valence-corrected chi connectivity index (χ3v) is 6.09. The molecule has 6 nitrogen and oxygen atoms in total. The predicted molar refractivity (Wildman–Crippen MR) is 128 cm³/mol. The largest absolute Gasteiger partial charge is 0.478 e. The summed E-state index contributed by atoms with van der Waals surface area (Å²) in [5.74, 6) is 1.02. The summed E-state index contributed by atoms with van der Waals surface area (Å²) in [6.07, 6.45) is 8.56. The molecule has 1 aliphatic carbocycles. The maximum absolute atomic E-state index is 13.6. The van der Waals surface area contributed by atoms with Crippen LogP contribution in [0.25, 0.3) is 28.0 Å². The molecule has 0 bridgehead atoms. The van der Waals surface area contributed by atoms with Crippen molar-refractivity contribution in [3.8, 4) is 28.4 Å². The molecule has 7 heteroatoms. The number of nitrogens with one attached hydrogen (secondary N) is 1. The summed E-state index contributed by atoms with van der Waals surface area (Å²) in [7, 11) is 0. The van der Waals surface area contributed by atoms with Crippen LogP contribution < -0.4 is 10.1 Å². The van der Waals surface area contributed by atoms with Gasteiger partial charge in [0.25, 0.3) is 0 Å². The Labute approximate surface area is 192 Å². The highest BCUT2D eigenvalue weighted by molar-refractivity contribution is 5.91. The second-order valence-electron chi connectivity index (χ2n) is 8.48. The standard InChI is InChI=1S/C26H28FN5O/c1-2-3-17-33-23-10-6-9-22-24(25(31-32(22)23)18-11-13-19(27)14-12-18)21-15-16-28-26(30-21)29-20-7-4-5-8-20/h6,9-16,20H,2-5,7-8,17H2,1H3,(H,28,29,30). The van der Waals surface area contributed by atoms with Gasteiger partial charge in [-0.3, -0.25) is 0 Å². The maximum atomic E-state index is 13.6. The van der Waals surface area contributed by atoms with Gasteiger partial charge < -0.3 is 10.1 Å². The van der Waals surface area contributed by atoms with Crippen molar-refractivity contribution >= 4 is 11.5 Å². The van der Waals surface area contributed by atoms with Gasteiger partial charge in [0, 0.05) is 23.9 Å². The molecule has 170 valence electrons. The lowest BCUT2D eigenvalue weighted by Gasteiger charge is -2.12. The first-order chi connectivity index (χ1) is 16.2. The fourth-order valence-electron chi connectivity index (χ4n) is 4.36. The lowest BCUT2D eigenvalue weighted by atomic mass is 10.0. The van der Waals surface area contributed by atoms with Crippen LogP contribution in [0.15, 0.2) is 54.7 Å². The molecule has 0 saturated heterocycles. The van der Waals surface area contributed by atoms with E-state index in [2.05, 4.69) is 17.2 Å². The lowest BCUT2D eigenvalue weighted by Crippen LogP contribution is -2.16. The predicted octanol–water partition coefficient (Wildman–Crippen LogP) is 6.13. The van der Waals surface area contributed by atoms with Gasteiger partial charge in [-0.1, -0.05) is 32.3 Å². The van der Waals surface area contributed by atoms with Crippen LogP contribution in [-0.2, 0) is 0 Å². The van der Waals surface area contributed by atoms with E-state index in [0.717, 1.165) is 53.7 Å². The maximum Gasteiger partial charge on any atom is 0.223 e. The number of pyridine rings is 1. The molecule has 0 atom stereocenters. The van der Waals surface area contributed by atoms with Crippen LogP contribution in [0.1, 0.15) is 45.4 Å². The minimum Gasteiger partial charge on any atom is -0.478 e. The van der Waals surface area contributed by atoms with Crippen molar-refractivity contribution in [1.82, 2.24) is 19.6 Å². The van der Waals surface area contributed by atoms with Gasteiger partial charge in [0.2, 0.25) is 11.8 Å². The van der Waals surface area contributed by atoms with Crippen molar-refractivity contribution in [3.63, 3.8) is 0 Å². The van der Waals surface area contributed by atoms with Gasteiger partial charge in [-0.25, -0.2) is 14.4 Å². The molecule has 1 fully saturated rings. The molecule has 0 unspecified atom stereocenters. The number of unbranched alkanes of at least 4 members (excludes halogenated alkanes) is 1. The second-order valence-corrected chi connectivity index (χ2v) is 8.48. The highest BCUT2D eigenvalue weighted by Gasteiger charge is 2.21.